The molecule has 2 atom stereocenters. The van der Waals surface area contributed by atoms with Crippen molar-refractivity contribution in [3.63, 3.8) is 0 Å². The summed E-state index contributed by atoms with van der Waals surface area (Å²) in [6.45, 7) is 8.91. The Morgan fingerprint density at radius 3 is 1.48 bits per heavy atom. The van der Waals surface area contributed by atoms with Crippen LogP contribution in [0.25, 0.3) is 0 Å². The van der Waals surface area contributed by atoms with E-state index in [-0.39, 0.29) is 49.8 Å². The van der Waals surface area contributed by atoms with Gasteiger partial charge in [0.25, 0.3) is 7.82 Å². The molecule has 0 saturated heterocycles. The van der Waals surface area contributed by atoms with Crippen LogP contribution in [0, 0.1) is 11.8 Å². The first-order valence-electron chi connectivity index (χ1n) is 8.59. The summed E-state index contributed by atoms with van der Waals surface area (Å²) in [5.74, 6) is 0.607. The second-order valence-electron chi connectivity index (χ2n) is 5.87. The van der Waals surface area contributed by atoms with Gasteiger partial charge in [-0.05, 0) is 24.7 Å². The van der Waals surface area contributed by atoms with Gasteiger partial charge in [-0.1, -0.05) is 66.2 Å². The van der Waals surface area contributed by atoms with Gasteiger partial charge in [0, 0.05) is 0 Å². The molecule has 0 fully saturated rings. The molecule has 23 heavy (non-hydrogen) atoms. The first-order chi connectivity index (χ1) is 9.99. The van der Waals surface area contributed by atoms with Gasteiger partial charge < -0.3 is 13.9 Å². The average molecular weight is 443 g/mol. The topological polar surface area (TPSA) is 58.6 Å². The Hall–Kier alpha value is 1.25. The van der Waals surface area contributed by atoms with Crippen molar-refractivity contribution in [3.8, 4) is 0 Å². The van der Waals surface area contributed by atoms with Crippen LogP contribution in [-0.2, 0) is 50.2 Å². The van der Waals surface area contributed by atoms with Crippen molar-refractivity contribution in [2.24, 2.45) is 11.8 Å². The van der Waals surface area contributed by atoms with E-state index in [1.165, 1.54) is 0 Å². The molecule has 0 aromatic carbocycles. The average Bonchev–Trinajstić information content (AvgIpc) is 2.47. The Labute approximate surface area is 166 Å². The third-order valence-electron chi connectivity index (χ3n) is 4.02. The molecule has 0 aliphatic rings. The molecule has 0 spiro atoms. The van der Waals surface area contributed by atoms with Crippen LogP contribution in [0.1, 0.15) is 79.1 Å². The minimum atomic E-state index is -4.14. The van der Waals surface area contributed by atoms with Gasteiger partial charge in [-0.15, -0.1) is 0 Å². The number of unbranched alkanes of at least 4 members (excludes halogenated alkanes) is 2. The maximum Gasteiger partial charge on any atom is 2.00 e. The molecule has 7 heteroatoms. The quantitative estimate of drug-likeness (QED) is 0.283. The summed E-state index contributed by atoms with van der Waals surface area (Å²) in [5, 5.41) is 0. The molecule has 0 aliphatic carbocycles. The van der Waals surface area contributed by atoms with Crippen LogP contribution in [0.15, 0.2) is 0 Å². The van der Waals surface area contributed by atoms with Gasteiger partial charge in [0.15, 0.2) is 0 Å². The summed E-state index contributed by atoms with van der Waals surface area (Å²) < 4.78 is 21.9. The van der Waals surface area contributed by atoms with Crippen LogP contribution in [0.4, 0.5) is 0 Å². The second kappa shape index (κ2) is 18.1. The molecule has 4 nitrogen and oxygen atoms in total. The number of phosphoric acid groups is 1. The zero-order chi connectivity index (χ0) is 16.1. The standard InChI is InChI=1S/C16H35O4P.Fe.Zn/c1-5-9-11-15(7-3)13-19-21(17,18)20-14-16(8-4)12-10-6-2;;/h15-16H,5-14H2,1-4H3,(H,17,18);;/q;2*+2/p-1. The maximum atomic E-state index is 11.8. The Balaban J connectivity index is -0.00000200. The second-order valence-corrected chi connectivity index (χ2v) is 7.28. The number of phosphoric ester groups is 1. The van der Waals surface area contributed by atoms with E-state index in [1.54, 1.807) is 0 Å². The zero-order valence-electron chi connectivity index (χ0n) is 15.4. The van der Waals surface area contributed by atoms with Crippen molar-refractivity contribution in [1.82, 2.24) is 0 Å². The molecule has 0 heterocycles. The molecule has 0 aromatic heterocycles. The van der Waals surface area contributed by atoms with E-state index in [0.29, 0.717) is 11.8 Å². The van der Waals surface area contributed by atoms with Crippen molar-refractivity contribution in [3.05, 3.63) is 0 Å². The molecule has 0 rings (SSSR count). The monoisotopic (exact) mass is 441 g/mol. The van der Waals surface area contributed by atoms with Gasteiger partial charge in [-0.3, -0.25) is 4.57 Å². The minimum absolute atomic E-state index is 0. The Bertz CT molecular complexity index is 271. The molecule has 0 aliphatic heterocycles. The molecule has 0 amide bonds. The molecular formula is C16H34FeO4PZn+3. The third-order valence-corrected chi connectivity index (χ3v) is 4.95. The van der Waals surface area contributed by atoms with Crippen LogP contribution < -0.4 is 4.89 Å². The fourth-order valence-corrected chi connectivity index (χ4v) is 3.09. The predicted molar refractivity (Wildman–Crippen MR) is 86.1 cm³/mol. The fourth-order valence-electron chi connectivity index (χ4n) is 2.23. The molecule has 134 valence electrons. The van der Waals surface area contributed by atoms with E-state index < -0.39 is 7.82 Å². The molecule has 0 radical (unpaired) electrons. The van der Waals surface area contributed by atoms with Gasteiger partial charge in [-0.25, -0.2) is 0 Å². The number of hydrogen-bond donors (Lipinski definition) is 0. The van der Waals surface area contributed by atoms with E-state index >= 15 is 0 Å². The molecule has 0 aromatic rings. The van der Waals surface area contributed by atoms with E-state index in [1.807, 2.05) is 0 Å². The van der Waals surface area contributed by atoms with Gasteiger partial charge in [-0.2, -0.15) is 0 Å². The van der Waals surface area contributed by atoms with Crippen molar-refractivity contribution in [2.45, 2.75) is 79.1 Å². The zero-order valence-corrected chi connectivity index (χ0v) is 20.3. The summed E-state index contributed by atoms with van der Waals surface area (Å²) in [7, 11) is -4.14. The van der Waals surface area contributed by atoms with Crippen molar-refractivity contribution >= 4 is 7.82 Å². The normalized spacial score (nSPS) is 15.9. The summed E-state index contributed by atoms with van der Waals surface area (Å²) in [4.78, 5) is 11.8. The fraction of sp³-hybridized carbons (Fsp3) is 1.00. The molecule has 2 unspecified atom stereocenters. The van der Waals surface area contributed by atoms with E-state index in [9.17, 15) is 9.46 Å². The Morgan fingerprint density at radius 1 is 0.870 bits per heavy atom. The third kappa shape index (κ3) is 16.5. The maximum absolute atomic E-state index is 11.8. The summed E-state index contributed by atoms with van der Waals surface area (Å²) in [5.41, 5.74) is 0. The van der Waals surface area contributed by atoms with Gasteiger partial charge in [0.1, 0.15) is 0 Å². The molecule has 0 N–H and O–H groups in total. The summed E-state index contributed by atoms with van der Waals surface area (Å²) in [6, 6.07) is 0. The largest absolute Gasteiger partial charge is 2.00 e. The van der Waals surface area contributed by atoms with Gasteiger partial charge in [0.2, 0.25) is 0 Å². The first kappa shape index (κ1) is 29.0. The first-order valence-corrected chi connectivity index (χ1v) is 10.0. The molecular weight excluding hydrogens is 408 g/mol. The molecule has 0 saturated carbocycles. The van der Waals surface area contributed by atoms with E-state index in [2.05, 4.69) is 27.7 Å². The smallest absolute Gasteiger partial charge is 0.756 e. The van der Waals surface area contributed by atoms with Crippen LogP contribution in [-0.4, -0.2) is 13.2 Å². The van der Waals surface area contributed by atoms with E-state index in [0.717, 1.165) is 51.4 Å². The van der Waals surface area contributed by atoms with Gasteiger partial charge >= 0.3 is 36.5 Å². The molecule has 0 bridgehead atoms. The summed E-state index contributed by atoms with van der Waals surface area (Å²) in [6.07, 6.45) is 8.38. The van der Waals surface area contributed by atoms with Gasteiger partial charge in [0.05, 0.1) is 13.2 Å². The summed E-state index contributed by atoms with van der Waals surface area (Å²) >= 11 is 0. The van der Waals surface area contributed by atoms with Crippen LogP contribution in [0.3, 0.4) is 0 Å². The van der Waals surface area contributed by atoms with Crippen molar-refractivity contribution in [2.75, 3.05) is 13.2 Å². The Kier molecular flexibility index (Phi) is 22.8. The van der Waals surface area contributed by atoms with E-state index in [4.69, 9.17) is 9.05 Å². The number of hydrogen-bond acceptors (Lipinski definition) is 4. The predicted octanol–water partition coefficient (Wildman–Crippen LogP) is 4.92. The van der Waals surface area contributed by atoms with Crippen LogP contribution >= 0.6 is 7.82 Å². The van der Waals surface area contributed by atoms with Crippen LogP contribution in [0.5, 0.6) is 0 Å². The van der Waals surface area contributed by atoms with Crippen LogP contribution in [0.2, 0.25) is 0 Å². The van der Waals surface area contributed by atoms with Crippen molar-refractivity contribution < 1.29 is 55.1 Å². The number of rotatable bonds is 14. The Morgan fingerprint density at radius 2 is 1.22 bits per heavy atom. The minimum Gasteiger partial charge on any atom is -0.756 e. The van der Waals surface area contributed by atoms with Crippen molar-refractivity contribution in [1.29, 1.82) is 0 Å². The SMILES string of the molecule is CCCCC(CC)COP(=O)([O-])OCC(CC)CCCC.[Fe+2].[Zn+2].